The van der Waals surface area contributed by atoms with Crippen LogP contribution in [0.3, 0.4) is 0 Å². The molecule has 0 aromatic heterocycles. The fourth-order valence-corrected chi connectivity index (χ4v) is 3.04. The molecule has 1 aliphatic carbocycles. The molecule has 1 spiro atoms. The van der Waals surface area contributed by atoms with Gasteiger partial charge in [0.05, 0.1) is 5.69 Å². The quantitative estimate of drug-likeness (QED) is 0.852. The van der Waals surface area contributed by atoms with Crippen LogP contribution in [0.4, 0.5) is 14.5 Å². The van der Waals surface area contributed by atoms with E-state index < -0.39 is 17.2 Å². The monoisotopic (exact) mass is 280 g/mol. The SMILES string of the molecule is O=C1CN(c2cc(F)ccc2F)C(=O)C2(CCCC2)N1. The minimum Gasteiger partial charge on any atom is -0.340 e. The molecule has 1 heterocycles. The third-order valence-corrected chi connectivity index (χ3v) is 3.99. The van der Waals surface area contributed by atoms with Gasteiger partial charge in [-0.1, -0.05) is 12.8 Å². The number of hydrogen-bond acceptors (Lipinski definition) is 2. The summed E-state index contributed by atoms with van der Waals surface area (Å²) in [7, 11) is 0. The highest BCUT2D eigenvalue weighted by molar-refractivity contribution is 6.09. The zero-order valence-corrected chi connectivity index (χ0v) is 10.8. The zero-order chi connectivity index (χ0) is 14.3. The van der Waals surface area contributed by atoms with E-state index in [1.165, 1.54) is 0 Å². The molecule has 6 heteroatoms. The van der Waals surface area contributed by atoms with Crippen molar-refractivity contribution < 1.29 is 18.4 Å². The van der Waals surface area contributed by atoms with Crippen molar-refractivity contribution in [3.8, 4) is 0 Å². The van der Waals surface area contributed by atoms with Crippen LogP contribution in [-0.4, -0.2) is 23.9 Å². The summed E-state index contributed by atoms with van der Waals surface area (Å²) in [5, 5.41) is 2.73. The molecular weight excluding hydrogens is 266 g/mol. The van der Waals surface area contributed by atoms with Crippen molar-refractivity contribution in [2.75, 3.05) is 11.4 Å². The lowest BCUT2D eigenvalue weighted by molar-refractivity contribution is -0.135. The molecule has 1 aliphatic heterocycles. The van der Waals surface area contributed by atoms with Gasteiger partial charge in [-0.15, -0.1) is 0 Å². The molecule has 0 unspecified atom stereocenters. The highest BCUT2D eigenvalue weighted by atomic mass is 19.1. The molecule has 2 aliphatic rings. The number of hydrogen-bond donors (Lipinski definition) is 1. The molecule has 1 N–H and O–H groups in total. The average molecular weight is 280 g/mol. The molecule has 0 atom stereocenters. The van der Waals surface area contributed by atoms with Crippen LogP contribution in [0.25, 0.3) is 0 Å². The van der Waals surface area contributed by atoms with Crippen molar-refractivity contribution in [2.24, 2.45) is 0 Å². The molecule has 1 aromatic carbocycles. The van der Waals surface area contributed by atoms with Crippen LogP contribution in [0.15, 0.2) is 18.2 Å². The van der Waals surface area contributed by atoms with Crippen LogP contribution in [0.5, 0.6) is 0 Å². The number of amides is 2. The van der Waals surface area contributed by atoms with Gasteiger partial charge >= 0.3 is 0 Å². The molecule has 20 heavy (non-hydrogen) atoms. The van der Waals surface area contributed by atoms with Crippen LogP contribution in [0.1, 0.15) is 25.7 Å². The van der Waals surface area contributed by atoms with Gasteiger partial charge in [0.25, 0.3) is 5.91 Å². The summed E-state index contributed by atoms with van der Waals surface area (Å²) >= 11 is 0. The van der Waals surface area contributed by atoms with Gasteiger partial charge in [-0.2, -0.15) is 0 Å². The predicted molar refractivity (Wildman–Crippen MR) is 68.1 cm³/mol. The summed E-state index contributed by atoms with van der Waals surface area (Å²) in [5.74, 6) is -2.03. The van der Waals surface area contributed by atoms with E-state index in [1.807, 2.05) is 0 Å². The van der Waals surface area contributed by atoms with Crippen molar-refractivity contribution in [1.29, 1.82) is 0 Å². The normalized spacial score (nSPS) is 21.4. The van der Waals surface area contributed by atoms with Crippen molar-refractivity contribution in [1.82, 2.24) is 5.32 Å². The lowest BCUT2D eigenvalue weighted by Gasteiger charge is -2.39. The van der Waals surface area contributed by atoms with Crippen molar-refractivity contribution in [2.45, 2.75) is 31.2 Å². The number of anilines is 1. The third kappa shape index (κ3) is 1.95. The molecule has 0 bridgehead atoms. The molecule has 2 amide bonds. The standard InChI is InChI=1S/C14H14F2N2O2/c15-9-3-4-10(16)11(7-9)18-8-12(19)17-14(13(18)20)5-1-2-6-14/h3-4,7H,1-2,5-6,8H2,(H,17,19). The maximum absolute atomic E-state index is 13.8. The number of halogens is 2. The Bertz CT molecular complexity index is 583. The second kappa shape index (κ2) is 4.54. The lowest BCUT2D eigenvalue weighted by Crippen LogP contribution is -2.65. The summed E-state index contributed by atoms with van der Waals surface area (Å²) in [6.45, 7) is -0.277. The predicted octanol–water partition coefficient (Wildman–Crippen LogP) is 1.74. The molecule has 2 fully saturated rings. The molecule has 1 aromatic rings. The molecular formula is C14H14F2N2O2. The first-order chi connectivity index (χ1) is 9.52. The van der Waals surface area contributed by atoms with E-state index in [-0.39, 0.29) is 24.0 Å². The largest absolute Gasteiger partial charge is 0.340 e. The van der Waals surface area contributed by atoms with E-state index in [0.717, 1.165) is 35.9 Å². The topological polar surface area (TPSA) is 49.4 Å². The second-order valence-electron chi connectivity index (χ2n) is 5.32. The summed E-state index contributed by atoms with van der Waals surface area (Å²) in [6, 6.07) is 2.90. The number of benzene rings is 1. The van der Waals surface area contributed by atoms with Crippen LogP contribution >= 0.6 is 0 Å². The highest BCUT2D eigenvalue weighted by Crippen LogP contribution is 2.35. The minimum absolute atomic E-state index is 0.170. The van der Waals surface area contributed by atoms with Crippen molar-refractivity contribution in [3.05, 3.63) is 29.8 Å². The highest BCUT2D eigenvalue weighted by Gasteiger charge is 2.49. The van der Waals surface area contributed by atoms with Gasteiger partial charge in [0.1, 0.15) is 23.7 Å². The van der Waals surface area contributed by atoms with Gasteiger partial charge in [0, 0.05) is 6.07 Å². The Hall–Kier alpha value is -1.98. The first-order valence-electron chi connectivity index (χ1n) is 6.60. The van der Waals surface area contributed by atoms with Crippen LogP contribution < -0.4 is 10.2 Å². The maximum Gasteiger partial charge on any atom is 0.253 e. The van der Waals surface area contributed by atoms with E-state index in [0.29, 0.717) is 12.8 Å². The molecule has 3 rings (SSSR count). The molecule has 1 saturated heterocycles. The average Bonchev–Trinajstić information content (AvgIpc) is 2.86. The number of nitrogens with one attached hydrogen (secondary N) is 1. The van der Waals surface area contributed by atoms with Gasteiger partial charge in [-0.3, -0.25) is 14.5 Å². The van der Waals surface area contributed by atoms with Crippen LogP contribution in [0.2, 0.25) is 0 Å². The van der Waals surface area contributed by atoms with Crippen molar-refractivity contribution in [3.63, 3.8) is 0 Å². The Morgan fingerprint density at radius 2 is 1.85 bits per heavy atom. The fourth-order valence-electron chi connectivity index (χ4n) is 3.04. The second-order valence-corrected chi connectivity index (χ2v) is 5.32. The number of carbonyl (C=O) groups is 2. The maximum atomic E-state index is 13.8. The van der Waals surface area contributed by atoms with E-state index in [2.05, 4.69) is 5.32 Å². The van der Waals surface area contributed by atoms with Gasteiger partial charge in [0.2, 0.25) is 5.91 Å². The first kappa shape index (κ1) is 13.0. The number of nitrogens with zero attached hydrogens (tertiary/aromatic N) is 1. The van der Waals surface area contributed by atoms with E-state index >= 15 is 0 Å². The Balaban J connectivity index is 2.02. The smallest absolute Gasteiger partial charge is 0.253 e. The summed E-state index contributed by atoms with van der Waals surface area (Å²) in [5.41, 5.74) is -1.11. The number of piperazine rings is 1. The zero-order valence-electron chi connectivity index (χ0n) is 10.8. The minimum atomic E-state index is -0.936. The summed E-state index contributed by atoms with van der Waals surface area (Å²) < 4.78 is 27.1. The van der Waals surface area contributed by atoms with Crippen LogP contribution in [-0.2, 0) is 9.59 Å². The molecule has 4 nitrogen and oxygen atoms in total. The van der Waals surface area contributed by atoms with Gasteiger partial charge < -0.3 is 5.32 Å². The first-order valence-corrected chi connectivity index (χ1v) is 6.60. The Morgan fingerprint density at radius 1 is 1.15 bits per heavy atom. The summed E-state index contributed by atoms with van der Waals surface area (Å²) in [4.78, 5) is 25.5. The van der Waals surface area contributed by atoms with Gasteiger partial charge in [-0.05, 0) is 25.0 Å². The molecule has 0 radical (unpaired) electrons. The third-order valence-electron chi connectivity index (χ3n) is 3.99. The van der Waals surface area contributed by atoms with Gasteiger partial charge in [0.15, 0.2) is 0 Å². The molecule has 106 valence electrons. The summed E-state index contributed by atoms with van der Waals surface area (Å²) in [6.07, 6.45) is 2.77. The van der Waals surface area contributed by atoms with E-state index in [1.54, 1.807) is 0 Å². The van der Waals surface area contributed by atoms with Gasteiger partial charge in [-0.25, -0.2) is 8.78 Å². The molecule has 1 saturated carbocycles. The Labute approximate surface area is 114 Å². The number of rotatable bonds is 1. The van der Waals surface area contributed by atoms with E-state index in [9.17, 15) is 18.4 Å². The van der Waals surface area contributed by atoms with E-state index in [4.69, 9.17) is 0 Å². The number of carbonyl (C=O) groups excluding carboxylic acids is 2. The Kier molecular flexibility index (Phi) is 2.96. The Morgan fingerprint density at radius 3 is 2.55 bits per heavy atom. The lowest BCUT2D eigenvalue weighted by atomic mass is 9.92. The van der Waals surface area contributed by atoms with Crippen LogP contribution in [0, 0.1) is 11.6 Å². The van der Waals surface area contributed by atoms with Crippen molar-refractivity contribution >= 4 is 17.5 Å². The fraction of sp³-hybridized carbons (Fsp3) is 0.429.